The molecule has 122 valence electrons. The van der Waals surface area contributed by atoms with Gasteiger partial charge in [0, 0.05) is 19.1 Å². The minimum Gasteiger partial charge on any atom is -0.370 e. The third-order valence-electron chi connectivity index (χ3n) is 3.22. The molecular weight excluding hydrogens is 363 g/mol. The smallest absolute Gasteiger partial charge is 0.188 e. The van der Waals surface area contributed by atoms with Gasteiger partial charge in [0.1, 0.15) is 0 Å². The number of hydrogen-bond acceptors (Lipinski definition) is 2. The molecule has 0 amide bonds. The Morgan fingerprint density at radius 1 is 1.10 bits per heavy atom. The van der Waals surface area contributed by atoms with E-state index in [1.807, 2.05) is 0 Å². The second kappa shape index (κ2) is 12.7. The van der Waals surface area contributed by atoms with E-state index in [0.29, 0.717) is 23.8 Å². The summed E-state index contributed by atoms with van der Waals surface area (Å²) < 4.78 is 0. The number of halogens is 1. The van der Waals surface area contributed by atoms with Crippen LogP contribution in [0.5, 0.6) is 0 Å². The minimum atomic E-state index is 0. The average Bonchev–Trinajstić information content (AvgIpc) is 2.34. The van der Waals surface area contributed by atoms with Crippen LogP contribution in [-0.4, -0.2) is 43.1 Å². The Kier molecular flexibility index (Phi) is 14.1. The highest BCUT2D eigenvalue weighted by Gasteiger charge is 2.17. The lowest BCUT2D eigenvalue weighted by atomic mass is 10.0. The second-order valence-electron chi connectivity index (χ2n) is 6.01. The molecule has 0 aromatic carbocycles. The lowest BCUT2D eigenvalue weighted by Crippen LogP contribution is -2.46. The van der Waals surface area contributed by atoms with Crippen molar-refractivity contribution in [2.75, 3.05) is 26.2 Å². The summed E-state index contributed by atoms with van der Waals surface area (Å²) in [5.41, 5.74) is 5.90. The Labute approximate surface area is 143 Å². The van der Waals surface area contributed by atoms with Crippen molar-refractivity contribution in [1.82, 2.24) is 10.2 Å². The van der Waals surface area contributed by atoms with E-state index in [2.05, 4.69) is 56.8 Å². The summed E-state index contributed by atoms with van der Waals surface area (Å²) in [4.78, 5) is 6.84. The highest BCUT2D eigenvalue weighted by molar-refractivity contribution is 14.0. The van der Waals surface area contributed by atoms with E-state index in [9.17, 15) is 0 Å². The van der Waals surface area contributed by atoms with E-state index in [1.54, 1.807) is 0 Å². The Balaban J connectivity index is 0. The van der Waals surface area contributed by atoms with Crippen molar-refractivity contribution < 1.29 is 0 Å². The Bertz CT molecular complexity index is 250. The van der Waals surface area contributed by atoms with Crippen LogP contribution in [0.2, 0.25) is 0 Å². The molecule has 20 heavy (non-hydrogen) atoms. The van der Waals surface area contributed by atoms with Crippen LogP contribution < -0.4 is 11.1 Å². The number of likely N-dealkylation sites (N-methyl/N-ethyl adjacent to an activating group) is 1. The van der Waals surface area contributed by atoms with Crippen LogP contribution in [0.25, 0.3) is 0 Å². The van der Waals surface area contributed by atoms with Crippen LogP contribution >= 0.6 is 24.0 Å². The molecule has 0 spiro atoms. The fourth-order valence-corrected chi connectivity index (χ4v) is 2.20. The largest absolute Gasteiger partial charge is 0.370 e. The molecule has 0 radical (unpaired) electrons. The van der Waals surface area contributed by atoms with Gasteiger partial charge >= 0.3 is 0 Å². The van der Waals surface area contributed by atoms with Gasteiger partial charge in [-0.25, -0.2) is 0 Å². The summed E-state index contributed by atoms with van der Waals surface area (Å²) in [6, 6.07) is 0.530. The molecule has 1 atom stereocenters. The molecule has 4 nitrogen and oxygen atoms in total. The molecule has 5 heteroatoms. The summed E-state index contributed by atoms with van der Waals surface area (Å²) in [6.45, 7) is 17.1. The molecule has 0 bridgehead atoms. The molecular formula is C15H35IN4. The fraction of sp³-hybridized carbons (Fsp3) is 0.933. The van der Waals surface area contributed by atoms with E-state index < -0.39 is 0 Å². The number of guanidine groups is 1. The zero-order chi connectivity index (χ0) is 14.8. The number of hydrogen-bond donors (Lipinski definition) is 2. The van der Waals surface area contributed by atoms with Crippen molar-refractivity contribution in [3.05, 3.63) is 0 Å². The fourth-order valence-electron chi connectivity index (χ4n) is 2.20. The lowest BCUT2D eigenvalue weighted by molar-refractivity contribution is 0.191. The van der Waals surface area contributed by atoms with Crippen LogP contribution in [0.1, 0.15) is 48.0 Å². The topological polar surface area (TPSA) is 53.6 Å². The Morgan fingerprint density at radius 2 is 1.65 bits per heavy atom. The van der Waals surface area contributed by atoms with Crippen LogP contribution in [-0.2, 0) is 0 Å². The molecule has 0 aromatic heterocycles. The molecule has 0 heterocycles. The van der Waals surface area contributed by atoms with Gasteiger partial charge in [-0.05, 0) is 31.3 Å². The van der Waals surface area contributed by atoms with Crippen LogP contribution in [0, 0.1) is 11.8 Å². The van der Waals surface area contributed by atoms with Gasteiger partial charge in [0.15, 0.2) is 5.96 Å². The van der Waals surface area contributed by atoms with Crippen LogP contribution in [0.4, 0.5) is 0 Å². The van der Waals surface area contributed by atoms with Crippen molar-refractivity contribution in [3.8, 4) is 0 Å². The summed E-state index contributed by atoms with van der Waals surface area (Å²) >= 11 is 0. The molecule has 0 saturated carbocycles. The first-order chi connectivity index (χ1) is 8.90. The molecule has 0 saturated heterocycles. The number of aliphatic imine (C=N–C) groups is 1. The summed E-state index contributed by atoms with van der Waals surface area (Å²) in [6.07, 6.45) is 1.19. The van der Waals surface area contributed by atoms with Crippen LogP contribution in [0.15, 0.2) is 4.99 Å². The lowest BCUT2D eigenvalue weighted by Gasteiger charge is -2.31. The molecule has 0 aromatic rings. The zero-order valence-electron chi connectivity index (χ0n) is 14.1. The summed E-state index contributed by atoms with van der Waals surface area (Å²) in [7, 11) is 0. The SMILES string of the molecule is CCN(CC)C(CNC(N)=NCC(C)C)CC(C)C.I. The van der Waals surface area contributed by atoms with E-state index in [0.717, 1.165) is 26.2 Å². The normalized spacial score (nSPS) is 13.8. The Hall–Kier alpha value is -0.0400. The molecule has 0 aliphatic heterocycles. The van der Waals surface area contributed by atoms with Crippen molar-refractivity contribution in [3.63, 3.8) is 0 Å². The van der Waals surface area contributed by atoms with Gasteiger partial charge in [0.05, 0.1) is 0 Å². The summed E-state index contributed by atoms with van der Waals surface area (Å²) in [5.74, 6) is 1.82. The van der Waals surface area contributed by atoms with E-state index in [4.69, 9.17) is 5.73 Å². The number of rotatable bonds is 9. The maximum atomic E-state index is 5.90. The molecule has 0 rings (SSSR count). The molecule has 0 fully saturated rings. The first-order valence-electron chi connectivity index (χ1n) is 7.68. The van der Waals surface area contributed by atoms with Gasteiger partial charge in [0.25, 0.3) is 0 Å². The zero-order valence-corrected chi connectivity index (χ0v) is 16.5. The van der Waals surface area contributed by atoms with E-state index >= 15 is 0 Å². The summed E-state index contributed by atoms with van der Waals surface area (Å²) in [5, 5.41) is 3.28. The maximum Gasteiger partial charge on any atom is 0.188 e. The van der Waals surface area contributed by atoms with E-state index in [1.165, 1.54) is 6.42 Å². The van der Waals surface area contributed by atoms with Crippen molar-refractivity contribution >= 4 is 29.9 Å². The molecule has 3 N–H and O–H groups in total. The first-order valence-corrected chi connectivity index (χ1v) is 7.68. The molecule has 1 unspecified atom stereocenters. The van der Waals surface area contributed by atoms with Crippen molar-refractivity contribution in [2.45, 2.75) is 54.0 Å². The van der Waals surface area contributed by atoms with Gasteiger partial charge in [-0.3, -0.25) is 9.89 Å². The van der Waals surface area contributed by atoms with Gasteiger partial charge in [0.2, 0.25) is 0 Å². The van der Waals surface area contributed by atoms with Gasteiger partial charge in [-0.15, -0.1) is 24.0 Å². The minimum absolute atomic E-state index is 0. The monoisotopic (exact) mass is 398 g/mol. The maximum absolute atomic E-state index is 5.90. The predicted octanol–water partition coefficient (Wildman–Crippen LogP) is 2.92. The second-order valence-corrected chi connectivity index (χ2v) is 6.01. The van der Waals surface area contributed by atoms with Gasteiger partial charge in [-0.1, -0.05) is 41.5 Å². The highest BCUT2D eigenvalue weighted by atomic mass is 127. The van der Waals surface area contributed by atoms with Crippen LogP contribution in [0.3, 0.4) is 0 Å². The average molecular weight is 398 g/mol. The van der Waals surface area contributed by atoms with E-state index in [-0.39, 0.29) is 24.0 Å². The number of nitrogens with two attached hydrogens (primary N) is 1. The number of nitrogens with one attached hydrogen (secondary N) is 1. The van der Waals surface area contributed by atoms with Gasteiger partial charge in [-0.2, -0.15) is 0 Å². The first kappa shape index (κ1) is 22.2. The van der Waals surface area contributed by atoms with Crippen molar-refractivity contribution in [2.24, 2.45) is 22.6 Å². The Morgan fingerprint density at radius 3 is 2.05 bits per heavy atom. The molecule has 0 aliphatic carbocycles. The number of nitrogens with zero attached hydrogens (tertiary/aromatic N) is 2. The highest BCUT2D eigenvalue weighted by Crippen LogP contribution is 2.10. The standard InChI is InChI=1S/C15H34N4.HI/c1-7-19(8-2)14(9-12(3)4)11-18-15(16)17-10-13(5)6;/h12-14H,7-11H2,1-6H3,(H3,16,17,18);1H. The molecule has 0 aliphatic rings. The quantitative estimate of drug-likeness (QED) is 0.357. The van der Waals surface area contributed by atoms with Gasteiger partial charge < -0.3 is 11.1 Å². The predicted molar refractivity (Wildman–Crippen MR) is 101 cm³/mol. The van der Waals surface area contributed by atoms with Crippen molar-refractivity contribution in [1.29, 1.82) is 0 Å². The third kappa shape index (κ3) is 10.7. The third-order valence-corrected chi connectivity index (χ3v) is 3.22.